The predicted molar refractivity (Wildman–Crippen MR) is 67.5 cm³/mol. The molecule has 0 fully saturated rings. The van der Waals surface area contributed by atoms with Gasteiger partial charge in [0.05, 0.1) is 19.3 Å². The Bertz CT molecular complexity index is 378. The largest absolute Gasteiger partial charge is 0.458 e. The molecule has 90 valence electrons. The van der Waals surface area contributed by atoms with Gasteiger partial charge in [-0.1, -0.05) is 36.4 Å². The van der Waals surface area contributed by atoms with E-state index in [0.29, 0.717) is 19.5 Å². The van der Waals surface area contributed by atoms with Crippen LogP contribution in [0.4, 0.5) is 0 Å². The van der Waals surface area contributed by atoms with Crippen molar-refractivity contribution in [1.29, 1.82) is 0 Å². The average Bonchev–Trinajstić information content (AvgIpc) is 2.35. The minimum atomic E-state index is -0.691. The normalized spacial score (nSPS) is 20.2. The summed E-state index contributed by atoms with van der Waals surface area (Å²) in [4.78, 5) is 0. The van der Waals surface area contributed by atoms with Crippen LogP contribution in [0.5, 0.6) is 0 Å². The summed E-state index contributed by atoms with van der Waals surface area (Å²) in [6.45, 7) is 3.06. The van der Waals surface area contributed by atoms with Gasteiger partial charge in [0.15, 0.2) is 0 Å². The molecule has 1 unspecified atom stereocenters. The van der Waals surface area contributed by atoms with Gasteiger partial charge in [0, 0.05) is 6.32 Å². The highest BCUT2D eigenvalue weighted by atomic mass is 16.6. The van der Waals surface area contributed by atoms with E-state index in [1.54, 1.807) is 0 Å². The molecule has 1 heterocycles. The SMILES string of the molecule is CC1=CCB(O)OC1COCc1ccccc1. The van der Waals surface area contributed by atoms with Gasteiger partial charge in [-0.3, -0.25) is 0 Å². The molecule has 3 nitrogen and oxygen atoms in total. The number of hydrogen-bond acceptors (Lipinski definition) is 3. The molecule has 1 aliphatic heterocycles. The lowest BCUT2D eigenvalue weighted by molar-refractivity contribution is 0.0453. The van der Waals surface area contributed by atoms with Crippen molar-refractivity contribution in [2.24, 2.45) is 0 Å². The molecule has 0 aromatic heterocycles. The van der Waals surface area contributed by atoms with E-state index in [0.717, 1.165) is 11.1 Å². The van der Waals surface area contributed by atoms with Crippen molar-refractivity contribution >= 4 is 7.12 Å². The van der Waals surface area contributed by atoms with Gasteiger partial charge in [0.25, 0.3) is 0 Å². The Morgan fingerprint density at radius 3 is 2.94 bits per heavy atom. The fourth-order valence-corrected chi connectivity index (χ4v) is 1.80. The number of hydrogen-bond donors (Lipinski definition) is 1. The first-order chi connectivity index (χ1) is 8.25. The van der Waals surface area contributed by atoms with Crippen molar-refractivity contribution in [2.75, 3.05) is 6.61 Å². The summed E-state index contributed by atoms with van der Waals surface area (Å²) in [6.07, 6.45) is 2.45. The zero-order valence-electron chi connectivity index (χ0n) is 10.0. The second-order valence-corrected chi connectivity index (χ2v) is 4.26. The number of ether oxygens (including phenoxy) is 1. The quantitative estimate of drug-likeness (QED) is 0.637. The molecular formula is C13H17BO3. The summed E-state index contributed by atoms with van der Waals surface area (Å²) in [7, 11) is -0.691. The standard InChI is InChI=1S/C13H17BO3/c1-11-7-8-14(15)17-13(11)10-16-9-12-5-3-2-4-6-12/h2-7,13,15H,8-10H2,1H3. The predicted octanol–water partition coefficient (Wildman–Crippen LogP) is 2.03. The van der Waals surface area contributed by atoms with Gasteiger partial charge in [0.1, 0.15) is 0 Å². The first kappa shape index (κ1) is 12.4. The van der Waals surface area contributed by atoms with Crippen LogP contribution in [0.25, 0.3) is 0 Å². The van der Waals surface area contributed by atoms with Gasteiger partial charge >= 0.3 is 7.12 Å². The second-order valence-electron chi connectivity index (χ2n) is 4.26. The zero-order chi connectivity index (χ0) is 12.1. The minimum Gasteiger partial charge on any atom is -0.427 e. The van der Waals surface area contributed by atoms with Crippen LogP contribution in [0.15, 0.2) is 42.0 Å². The molecule has 0 spiro atoms. The van der Waals surface area contributed by atoms with Crippen LogP contribution in [-0.4, -0.2) is 24.9 Å². The van der Waals surface area contributed by atoms with E-state index >= 15 is 0 Å². The average molecular weight is 232 g/mol. The van der Waals surface area contributed by atoms with Crippen LogP contribution in [0, 0.1) is 0 Å². The number of benzene rings is 1. The summed E-state index contributed by atoms with van der Waals surface area (Å²) in [5.41, 5.74) is 2.27. The van der Waals surface area contributed by atoms with Crippen LogP contribution >= 0.6 is 0 Å². The first-order valence-corrected chi connectivity index (χ1v) is 5.87. The highest BCUT2D eigenvalue weighted by Gasteiger charge is 2.24. The van der Waals surface area contributed by atoms with Crippen molar-refractivity contribution in [3.05, 3.63) is 47.5 Å². The van der Waals surface area contributed by atoms with Crippen LogP contribution in [-0.2, 0) is 16.0 Å². The van der Waals surface area contributed by atoms with Crippen LogP contribution in [0.2, 0.25) is 6.32 Å². The van der Waals surface area contributed by atoms with Crippen molar-refractivity contribution in [3.63, 3.8) is 0 Å². The van der Waals surface area contributed by atoms with E-state index in [9.17, 15) is 5.02 Å². The Morgan fingerprint density at radius 1 is 1.41 bits per heavy atom. The van der Waals surface area contributed by atoms with Gasteiger partial charge in [-0.2, -0.15) is 0 Å². The monoisotopic (exact) mass is 232 g/mol. The van der Waals surface area contributed by atoms with Crippen LogP contribution in [0.1, 0.15) is 12.5 Å². The molecule has 0 amide bonds. The molecule has 2 rings (SSSR count). The van der Waals surface area contributed by atoms with Gasteiger partial charge < -0.3 is 14.4 Å². The first-order valence-electron chi connectivity index (χ1n) is 5.87. The summed E-state index contributed by atoms with van der Waals surface area (Å²) in [5, 5.41) is 9.39. The third-order valence-electron chi connectivity index (χ3n) is 2.85. The highest BCUT2D eigenvalue weighted by molar-refractivity contribution is 6.43. The Hall–Kier alpha value is -1.10. The maximum Gasteiger partial charge on any atom is 0.458 e. The minimum absolute atomic E-state index is 0.123. The van der Waals surface area contributed by atoms with Crippen molar-refractivity contribution < 1.29 is 14.4 Å². The summed E-state index contributed by atoms with van der Waals surface area (Å²) in [6, 6.07) is 10.0. The van der Waals surface area contributed by atoms with Gasteiger partial charge in [-0.05, 0) is 18.1 Å². The van der Waals surface area contributed by atoms with E-state index < -0.39 is 7.12 Å². The molecule has 0 bridgehead atoms. The fourth-order valence-electron chi connectivity index (χ4n) is 1.80. The molecule has 1 atom stereocenters. The van der Waals surface area contributed by atoms with E-state index in [1.165, 1.54) is 0 Å². The molecule has 17 heavy (non-hydrogen) atoms. The summed E-state index contributed by atoms with van der Waals surface area (Å²) < 4.78 is 11.0. The Balaban J connectivity index is 1.79. The molecular weight excluding hydrogens is 215 g/mol. The maximum absolute atomic E-state index is 9.39. The van der Waals surface area contributed by atoms with E-state index in [4.69, 9.17) is 9.39 Å². The lowest BCUT2D eigenvalue weighted by Gasteiger charge is -2.24. The Kier molecular flexibility index (Phi) is 4.37. The topological polar surface area (TPSA) is 38.7 Å². The number of rotatable bonds is 4. The molecule has 1 aromatic carbocycles. The number of allylic oxidation sites excluding steroid dienone is 1. The molecule has 0 aliphatic carbocycles. The molecule has 4 heteroatoms. The van der Waals surface area contributed by atoms with E-state index in [-0.39, 0.29) is 6.10 Å². The molecule has 1 N–H and O–H groups in total. The maximum atomic E-state index is 9.39. The van der Waals surface area contributed by atoms with Crippen LogP contribution < -0.4 is 0 Å². The zero-order valence-corrected chi connectivity index (χ0v) is 10.0. The lowest BCUT2D eigenvalue weighted by Crippen LogP contribution is -2.33. The van der Waals surface area contributed by atoms with Crippen LogP contribution in [0.3, 0.4) is 0 Å². The molecule has 1 aromatic rings. The summed E-state index contributed by atoms with van der Waals surface area (Å²) in [5.74, 6) is 0. The smallest absolute Gasteiger partial charge is 0.427 e. The third-order valence-corrected chi connectivity index (χ3v) is 2.85. The summed E-state index contributed by atoms with van der Waals surface area (Å²) >= 11 is 0. The molecule has 0 saturated heterocycles. The highest BCUT2D eigenvalue weighted by Crippen LogP contribution is 2.17. The van der Waals surface area contributed by atoms with Crippen molar-refractivity contribution in [3.8, 4) is 0 Å². The van der Waals surface area contributed by atoms with Gasteiger partial charge in [-0.25, -0.2) is 0 Å². The Labute approximate surface area is 102 Å². The van der Waals surface area contributed by atoms with E-state index in [2.05, 4.69) is 0 Å². The second kappa shape index (κ2) is 6.01. The van der Waals surface area contributed by atoms with Crippen molar-refractivity contribution in [1.82, 2.24) is 0 Å². The van der Waals surface area contributed by atoms with Crippen molar-refractivity contribution in [2.45, 2.75) is 26.0 Å². The Morgan fingerprint density at radius 2 is 2.18 bits per heavy atom. The molecule has 0 saturated carbocycles. The van der Waals surface area contributed by atoms with Gasteiger partial charge in [0.2, 0.25) is 0 Å². The molecule has 1 aliphatic rings. The molecule has 0 radical (unpaired) electrons. The third kappa shape index (κ3) is 3.70. The van der Waals surface area contributed by atoms with E-state index in [1.807, 2.05) is 43.3 Å². The lowest BCUT2D eigenvalue weighted by atomic mass is 9.80. The van der Waals surface area contributed by atoms with Gasteiger partial charge in [-0.15, -0.1) is 0 Å². The fraction of sp³-hybridized carbons (Fsp3) is 0.385.